The van der Waals surface area contributed by atoms with Gasteiger partial charge in [0.2, 0.25) is 0 Å². The first kappa shape index (κ1) is 117. The maximum absolute atomic E-state index is 13.0. The highest BCUT2D eigenvalue weighted by atomic mass is 32.2. The molecule has 664 valence electrons. The highest BCUT2D eigenvalue weighted by Gasteiger charge is 2.96. The minimum atomic E-state index is -8.92. The van der Waals surface area contributed by atoms with Crippen LogP contribution >= 0.6 is 0 Å². The maximum atomic E-state index is 13.0. The van der Waals surface area contributed by atoms with Crippen molar-refractivity contribution >= 4 is 114 Å². The Kier molecular flexibility index (Phi) is 42.1. The average molecular weight is 1950 g/mol. The molecule has 0 N–H and O–H groups in total. The van der Waals surface area contributed by atoms with Crippen molar-refractivity contribution in [3.63, 3.8) is 0 Å². The van der Waals surface area contributed by atoms with Gasteiger partial charge in [-0.15, -0.1) is 0 Å². The summed E-state index contributed by atoms with van der Waals surface area (Å²) in [6, 6.07) is 49.8. The van der Waals surface area contributed by atoms with Gasteiger partial charge in [0.05, 0.1) is 0 Å². The van der Waals surface area contributed by atoms with Crippen molar-refractivity contribution in [2.75, 3.05) is 0 Å². The highest BCUT2D eigenvalue weighted by molar-refractivity contribution is 7.87. The number of hydrogen-bond donors (Lipinski definition) is 0. The predicted octanol–water partition coefficient (Wildman–Crippen LogP) is 13.8. The fourth-order valence-electron chi connectivity index (χ4n) is 4.48. The predicted molar refractivity (Wildman–Crippen MR) is 317 cm³/mol. The lowest BCUT2D eigenvalue weighted by atomic mass is 9.91. The number of alkyl halides is 41. The van der Waals surface area contributed by atoms with Gasteiger partial charge in [-0.05, 0) is 124 Å². The standard InChI is InChI=1S/C8HF17O3S.5C6H6S.C4HF9O3S.C3HF7O3S.C2HF5O3S.CHF3O3S/c9-1(10,3(13,14)5(17,18)7(21,22)23)2(11,12)4(15,16)6(19,20)8(24,25)29(26,27)28;5*7-6-4-2-1-3-5-6;5-1(6,3(9,10)11)2(7,8)4(12,13)17(14,15)16;4-1(5,2(6,7)8)3(9,10)14(11,12)13;3-1(4,5)2(6,7)11(8,9)10;2-1(3,4)8(5,6)7/h(H,26,27,28);5*1-5,7H;(H,14,15,16);(H,11,12,13);(H,8,9,10);(H,5,6,7). The SMILES string of the molecule is O=S(=O)([O-])C(F)(F)C(F)(F)C(F)(F)C(F)(F)C(F)(F)C(F)(F)C(F)(F)C(F)(F)F.O=S(=O)([O-])C(F)(F)C(F)(F)C(F)(F)C(F)(F)F.O=S(=O)([O-])C(F)(F)C(F)(F)C(F)(F)F.O=S(=O)([O-])C(F)(F)C(F)(F)F.O=S(=O)([O-])C(F)(F)F.[SH2+]c1ccccc1.[SH2+]c1ccccc1.[SH2+]c1ccccc1.[SH2+]c1ccccc1.[SH2+]c1ccccc1. The van der Waals surface area contributed by atoms with Crippen molar-refractivity contribution < 1.29 is 245 Å². The molecule has 0 heterocycles. The zero-order valence-electron chi connectivity index (χ0n) is 52.1. The molecule has 0 aliphatic rings. The van der Waals surface area contributed by atoms with E-state index >= 15 is 0 Å². The fourth-order valence-corrected chi connectivity index (χ4v) is 7.04. The van der Waals surface area contributed by atoms with E-state index in [-0.39, 0.29) is 0 Å². The third-order valence-corrected chi connectivity index (χ3v) is 16.0. The third-order valence-electron chi connectivity index (χ3n) is 10.3. The van der Waals surface area contributed by atoms with Gasteiger partial charge < -0.3 is 22.8 Å². The Balaban J connectivity index is -0.000000405. The molecule has 0 bridgehead atoms. The molecule has 5 aromatic carbocycles. The molecule has 5 aromatic rings. The van der Waals surface area contributed by atoms with Crippen LogP contribution in [0.1, 0.15) is 0 Å². The highest BCUT2D eigenvalue weighted by Crippen LogP contribution is 2.65. The van der Waals surface area contributed by atoms with E-state index in [0.717, 1.165) is 24.5 Å². The molecule has 0 saturated heterocycles. The summed E-state index contributed by atoms with van der Waals surface area (Å²) >= 11 is 16.8. The van der Waals surface area contributed by atoms with Gasteiger partial charge in [0.25, 0.3) is 0 Å². The summed E-state index contributed by atoms with van der Waals surface area (Å²) in [6.07, 6.45) is -28.2. The number of hydrogen-bond acceptors (Lipinski definition) is 15. The molecule has 114 heavy (non-hydrogen) atoms. The Morgan fingerprint density at radius 1 is 0.175 bits per heavy atom. The summed E-state index contributed by atoms with van der Waals surface area (Å²) in [6.45, 7) is 0. The first-order valence-corrected chi connectivity index (χ1v) is 34.9. The molecule has 0 amide bonds. The van der Waals surface area contributed by atoms with Crippen LogP contribution < -0.4 is 0 Å². The van der Waals surface area contributed by atoms with E-state index in [1.807, 2.05) is 152 Å². The van der Waals surface area contributed by atoms with Crippen LogP contribution in [0.3, 0.4) is 0 Å². The first-order valence-electron chi connectivity index (χ1n) is 25.3. The van der Waals surface area contributed by atoms with Crippen LogP contribution in [-0.4, -0.2) is 169 Å². The summed E-state index contributed by atoms with van der Waals surface area (Å²) in [5.41, 5.74) is -5.65. The molecule has 66 heteroatoms. The Morgan fingerprint density at radius 3 is 0.395 bits per heavy atom. The van der Waals surface area contributed by atoms with Crippen molar-refractivity contribution in [2.24, 2.45) is 0 Å². The van der Waals surface area contributed by atoms with E-state index in [1.165, 1.54) is 0 Å². The van der Waals surface area contributed by atoms with E-state index in [0.29, 0.717) is 0 Å². The molecular weight excluding hydrogens is 1920 g/mol. The van der Waals surface area contributed by atoms with Crippen molar-refractivity contribution in [1.29, 1.82) is 0 Å². The van der Waals surface area contributed by atoms with Crippen molar-refractivity contribution in [1.82, 2.24) is 0 Å². The molecule has 15 nitrogen and oxygen atoms in total. The van der Waals surface area contributed by atoms with Crippen LogP contribution in [-0.2, 0) is 114 Å². The molecule has 0 saturated carbocycles. The van der Waals surface area contributed by atoms with Crippen LogP contribution in [0.4, 0.5) is 180 Å². The van der Waals surface area contributed by atoms with Gasteiger partial charge in [-0.1, -0.05) is 91.0 Å². The van der Waals surface area contributed by atoms with Crippen LogP contribution in [0.15, 0.2) is 176 Å². The van der Waals surface area contributed by atoms with E-state index in [9.17, 15) is 232 Å². The summed E-state index contributed by atoms with van der Waals surface area (Å²) in [7, 11) is -35.4. The molecule has 0 aliphatic carbocycles. The zero-order valence-corrected chi connectivity index (χ0v) is 61.2. The molecule has 0 radical (unpaired) electrons. The smallest absolute Gasteiger partial charge is 0.485 e. The van der Waals surface area contributed by atoms with Crippen LogP contribution in [0.2, 0.25) is 0 Å². The van der Waals surface area contributed by atoms with Gasteiger partial charge in [0.15, 0.2) is 50.6 Å². The summed E-state index contributed by atoms with van der Waals surface area (Å²) in [4.78, 5) is 5.64. The van der Waals surface area contributed by atoms with E-state index < -0.39 is 155 Å². The lowest BCUT2D eigenvalue weighted by molar-refractivity contribution is -0.458. The number of rotatable bonds is 13. The van der Waals surface area contributed by atoms with Crippen molar-refractivity contribution in [3.05, 3.63) is 152 Å². The second-order valence-electron chi connectivity index (χ2n) is 18.8. The largest absolute Gasteiger partial charge is 0.743 e. The Hall–Kier alpha value is -5.47. The lowest BCUT2D eigenvalue weighted by Crippen LogP contribution is -2.75. The maximum Gasteiger partial charge on any atom is 0.485 e. The monoisotopic (exact) mass is 1950 g/mol. The normalized spacial score (nSPS) is 13.7. The van der Waals surface area contributed by atoms with Gasteiger partial charge >= 0.3 is 105 Å². The van der Waals surface area contributed by atoms with E-state index in [2.05, 4.69) is 63.1 Å². The molecule has 0 atom stereocenters. The van der Waals surface area contributed by atoms with Gasteiger partial charge in [0, 0.05) is 0 Å². The van der Waals surface area contributed by atoms with Crippen LogP contribution in [0.5, 0.6) is 0 Å². The van der Waals surface area contributed by atoms with Crippen LogP contribution in [0.25, 0.3) is 0 Å². The molecule has 0 aliphatic heterocycles. The fraction of sp³-hybridized carbons (Fsp3) is 0.375. The Morgan fingerprint density at radius 2 is 0.298 bits per heavy atom. The molecule has 0 aromatic heterocycles. The van der Waals surface area contributed by atoms with Gasteiger partial charge in [-0.2, -0.15) is 180 Å². The van der Waals surface area contributed by atoms with Crippen molar-refractivity contribution in [3.8, 4) is 0 Å². The second-order valence-corrected chi connectivity index (χ2v) is 28.7. The topological polar surface area (TPSA) is 286 Å². The summed E-state index contributed by atoms with van der Waals surface area (Å²) in [5, 5.41) is -28.0. The van der Waals surface area contributed by atoms with E-state index in [4.69, 9.17) is 13.0 Å². The number of benzene rings is 5. The van der Waals surface area contributed by atoms with Crippen molar-refractivity contribution in [2.45, 2.75) is 129 Å². The average Bonchev–Trinajstić information content (AvgIpc) is 0.691. The van der Waals surface area contributed by atoms with Crippen LogP contribution in [0, 0.1) is 0 Å². The lowest BCUT2D eigenvalue weighted by Gasteiger charge is -2.42. The van der Waals surface area contributed by atoms with Gasteiger partial charge in [0.1, 0.15) is 24.5 Å². The van der Waals surface area contributed by atoms with Gasteiger partial charge in [-0.25, -0.2) is 42.1 Å². The summed E-state index contributed by atoms with van der Waals surface area (Å²) < 4.78 is 631. The molecular formula is C48H35F41O15S10. The molecule has 0 unspecified atom stereocenters. The quantitative estimate of drug-likeness (QED) is 0.0458. The molecule has 0 spiro atoms. The minimum Gasteiger partial charge on any atom is -0.743 e. The Labute approximate surface area is 636 Å². The number of halogens is 41. The Bertz CT molecular complexity index is 4100. The minimum absolute atomic E-state index is 1.13. The second kappa shape index (κ2) is 41.0. The molecule has 0 fully saturated rings. The summed E-state index contributed by atoms with van der Waals surface area (Å²) in [5.74, 6) is -73.9. The molecule has 5 rings (SSSR count). The zero-order chi connectivity index (χ0) is 93.1. The third kappa shape index (κ3) is 30.7. The van der Waals surface area contributed by atoms with Gasteiger partial charge in [-0.3, -0.25) is 0 Å². The van der Waals surface area contributed by atoms with E-state index in [1.54, 1.807) is 0 Å². The first-order chi connectivity index (χ1) is 49.5.